The van der Waals surface area contributed by atoms with Crippen LogP contribution in [0.3, 0.4) is 0 Å². The van der Waals surface area contributed by atoms with E-state index in [-0.39, 0.29) is 41.3 Å². The zero-order chi connectivity index (χ0) is 28.6. The van der Waals surface area contributed by atoms with Gasteiger partial charge in [0.2, 0.25) is 0 Å². The summed E-state index contributed by atoms with van der Waals surface area (Å²) < 4.78 is 23.5. The minimum absolute atomic E-state index is 0.0695. The highest BCUT2D eigenvalue weighted by Gasteiger charge is 2.29. The lowest BCUT2D eigenvalue weighted by molar-refractivity contribution is -0.110. The van der Waals surface area contributed by atoms with Crippen LogP contribution < -0.4 is 16.0 Å². The highest BCUT2D eigenvalue weighted by atomic mass is 32.2. The molecule has 1 saturated heterocycles. The summed E-state index contributed by atoms with van der Waals surface area (Å²) in [4.78, 5) is 42.3. The molecule has 1 aromatic heterocycles. The maximum atomic E-state index is 13.1. The molecule has 3 heterocycles. The molecule has 4 N–H and O–H groups in total. The first kappa shape index (κ1) is 27.4. The van der Waals surface area contributed by atoms with Crippen LogP contribution in [0.25, 0.3) is 11.6 Å². The SMILES string of the molecule is Cc1[nH]c(/C=C2\C(=O)Nc3ccc(C(=O)N[C@H](C)c4ccccc4)cc32)c(C)c1C(=O)NC1CCS(=O)(=O)CC1. The Morgan fingerprint density at radius 1 is 1.02 bits per heavy atom. The van der Waals surface area contributed by atoms with Gasteiger partial charge < -0.3 is 20.9 Å². The average Bonchev–Trinajstić information content (AvgIpc) is 3.39. The predicted octanol–water partition coefficient (Wildman–Crippen LogP) is 3.92. The van der Waals surface area contributed by atoms with E-state index >= 15 is 0 Å². The van der Waals surface area contributed by atoms with Crippen molar-refractivity contribution in [1.29, 1.82) is 0 Å². The first-order valence-corrected chi connectivity index (χ1v) is 15.1. The van der Waals surface area contributed by atoms with E-state index in [4.69, 9.17) is 0 Å². The second kappa shape index (κ2) is 10.8. The van der Waals surface area contributed by atoms with Gasteiger partial charge in [-0.15, -0.1) is 0 Å². The summed E-state index contributed by atoms with van der Waals surface area (Å²) in [7, 11) is -3.03. The van der Waals surface area contributed by atoms with E-state index in [2.05, 4.69) is 20.9 Å². The number of rotatable bonds is 6. The third-order valence-electron chi connectivity index (χ3n) is 7.59. The fraction of sp³-hybridized carbons (Fsp3) is 0.300. The fourth-order valence-corrected chi connectivity index (χ4v) is 6.76. The van der Waals surface area contributed by atoms with Crippen molar-refractivity contribution >= 4 is 44.9 Å². The summed E-state index contributed by atoms with van der Waals surface area (Å²) in [5.41, 5.74) is 5.42. The van der Waals surface area contributed by atoms with Crippen LogP contribution >= 0.6 is 0 Å². The zero-order valence-corrected chi connectivity index (χ0v) is 23.4. The fourth-order valence-electron chi connectivity index (χ4n) is 5.27. The Morgan fingerprint density at radius 3 is 2.42 bits per heavy atom. The molecule has 2 aliphatic rings. The van der Waals surface area contributed by atoms with Gasteiger partial charge in [0.1, 0.15) is 9.84 Å². The summed E-state index contributed by atoms with van der Waals surface area (Å²) >= 11 is 0. The molecule has 3 aromatic rings. The maximum Gasteiger partial charge on any atom is 0.256 e. The maximum absolute atomic E-state index is 13.1. The molecular formula is C30H32N4O5S. The van der Waals surface area contributed by atoms with Crippen molar-refractivity contribution in [3.63, 3.8) is 0 Å². The molecule has 0 radical (unpaired) electrons. The Labute approximate surface area is 233 Å². The Hall–Kier alpha value is -4.18. The van der Waals surface area contributed by atoms with Crippen LogP contribution in [0.5, 0.6) is 0 Å². The molecular weight excluding hydrogens is 528 g/mol. The highest BCUT2D eigenvalue weighted by molar-refractivity contribution is 7.91. The average molecular weight is 561 g/mol. The quantitative estimate of drug-likeness (QED) is 0.339. The monoisotopic (exact) mass is 560 g/mol. The van der Waals surface area contributed by atoms with Crippen molar-refractivity contribution in [1.82, 2.24) is 15.6 Å². The van der Waals surface area contributed by atoms with Gasteiger partial charge >= 0.3 is 0 Å². The number of carbonyl (C=O) groups excluding carboxylic acids is 3. The van der Waals surface area contributed by atoms with E-state index in [0.29, 0.717) is 57.7 Å². The summed E-state index contributed by atoms with van der Waals surface area (Å²) in [6, 6.07) is 14.4. The lowest BCUT2D eigenvalue weighted by Gasteiger charge is -2.23. The molecule has 9 nitrogen and oxygen atoms in total. The Morgan fingerprint density at radius 2 is 1.73 bits per heavy atom. The van der Waals surface area contributed by atoms with E-state index in [1.165, 1.54) is 0 Å². The Balaban J connectivity index is 1.37. The number of carbonyl (C=O) groups is 3. The number of fused-ring (bicyclic) bond motifs is 1. The number of hydrogen-bond acceptors (Lipinski definition) is 5. The highest BCUT2D eigenvalue weighted by Crippen LogP contribution is 2.35. The van der Waals surface area contributed by atoms with Gasteiger partial charge in [0.15, 0.2) is 0 Å². The number of H-pyrrole nitrogens is 1. The Bertz CT molecular complexity index is 1630. The standard InChI is InChI=1S/C30H32N4O5S/c1-17-26(31-19(3)27(17)30(37)33-22-11-13-40(38,39)14-12-22)16-24-23-15-21(9-10-25(23)34-29(24)36)28(35)32-18(2)20-7-5-4-6-8-20/h4-10,15-16,18,22,31H,11-14H2,1-3H3,(H,32,35)(H,33,37)(H,34,36)/b24-16-/t18-/m1/s1. The second-order valence-corrected chi connectivity index (χ2v) is 12.7. The molecule has 2 aliphatic heterocycles. The van der Waals surface area contributed by atoms with E-state index in [1.54, 1.807) is 38.1 Å². The van der Waals surface area contributed by atoms with Gasteiger partial charge in [0.05, 0.1) is 28.7 Å². The van der Waals surface area contributed by atoms with Crippen molar-refractivity contribution in [3.05, 3.63) is 87.7 Å². The first-order valence-electron chi connectivity index (χ1n) is 13.3. The van der Waals surface area contributed by atoms with E-state index in [9.17, 15) is 22.8 Å². The normalized spacial score (nSPS) is 18.2. The summed E-state index contributed by atoms with van der Waals surface area (Å²) in [5, 5.41) is 8.81. The summed E-state index contributed by atoms with van der Waals surface area (Å²) in [5.74, 6) is -0.686. The number of aryl methyl sites for hydroxylation is 1. The lowest BCUT2D eigenvalue weighted by atomic mass is 10.0. The number of aromatic amines is 1. The van der Waals surface area contributed by atoms with E-state index in [0.717, 1.165) is 5.56 Å². The number of hydrogen-bond donors (Lipinski definition) is 4. The largest absolute Gasteiger partial charge is 0.358 e. The Kier molecular flexibility index (Phi) is 7.37. The van der Waals surface area contributed by atoms with Crippen LogP contribution in [-0.2, 0) is 14.6 Å². The van der Waals surface area contributed by atoms with E-state index in [1.807, 2.05) is 37.3 Å². The van der Waals surface area contributed by atoms with Gasteiger partial charge in [-0.2, -0.15) is 0 Å². The first-order chi connectivity index (χ1) is 19.0. The molecule has 0 bridgehead atoms. The molecule has 2 aromatic carbocycles. The molecule has 1 atom stereocenters. The molecule has 5 rings (SSSR count). The van der Waals surface area contributed by atoms with Crippen LogP contribution in [-0.4, -0.2) is 48.7 Å². The van der Waals surface area contributed by atoms with Gasteiger partial charge in [-0.05, 0) is 69.0 Å². The van der Waals surface area contributed by atoms with Gasteiger partial charge in [-0.25, -0.2) is 8.42 Å². The number of anilines is 1. The third-order valence-corrected chi connectivity index (χ3v) is 9.31. The lowest BCUT2D eigenvalue weighted by Crippen LogP contribution is -2.41. The molecule has 0 unspecified atom stereocenters. The molecule has 0 aliphatic carbocycles. The number of aromatic nitrogens is 1. The van der Waals surface area contributed by atoms with Crippen molar-refractivity contribution < 1.29 is 22.8 Å². The molecule has 40 heavy (non-hydrogen) atoms. The third kappa shape index (κ3) is 5.58. The van der Waals surface area contributed by atoms with Crippen molar-refractivity contribution in [2.75, 3.05) is 16.8 Å². The van der Waals surface area contributed by atoms with Crippen LogP contribution in [0.1, 0.15) is 74.6 Å². The topological polar surface area (TPSA) is 137 Å². The minimum Gasteiger partial charge on any atom is -0.358 e. The van der Waals surface area contributed by atoms with Gasteiger partial charge in [-0.3, -0.25) is 14.4 Å². The van der Waals surface area contributed by atoms with Crippen LogP contribution in [0.15, 0.2) is 48.5 Å². The molecule has 0 saturated carbocycles. The van der Waals surface area contributed by atoms with Gasteiger partial charge in [-0.1, -0.05) is 30.3 Å². The molecule has 1 fully saturated rings. The second-order valence-electron chi connectivity index (χ2n) is 10.4. The van der Waals surface area contributed by atoms with Crippen LogP contribution in [0, 0.1) is 13.8 Å². The molecule has 208 valence electrons. The number of sulfone groups is 1. The smallest absolute Gasteiger partial charge is 0.256 e. The van der Waals surface area contributed by atoms with E-state index < -0.39 is 9.84 Å². The molecule has 0 spiro atoms. The minimum atomic E-state index is -3.03. The number of benzene rings is 2. The van der Waals surface area contributed by atoms with Crippen molar-refractivity contribution in [3.8, 4) is 0 Å². The molecule has 10 heteroatoms. The predicted molar refractivity (Wildman–Crippen MR) is 155 cm³/mol. The van der Waals surface area contributed by atoms with Crippen LogP contribution in [0.4, 0.5) is 5.69 Å². The van der Waals surface area contributed by atoms with Crippen molar-refractivity contribution in [2.45, 2.75) is 45.7 Å². The van der Waals surface area contributed by atoms with Gasteiger partial charge in [0.25, 0.3) is 17.7 Å². The van der Waals surface area contributed by atoms with Crippen LogP contribution in [0.2, 0.25) is 0 Å². The number of amides is 3. The summed E-state index contributed by atoms with van der Waals surface area (Å²) in [6.45, 7) is 5.50. The molecule has 3 amide bonds. The van der Waals surface area contributed by atoms with Gasteiger partial charge in [0, 0.05) is 34.2 Å². The number of nitrogens with one attached hydrogen (secondary N) is 4. The zero-order valence-electron chi connectivity index (χ0n) is 22.6. The summed E-state index contributed by atoms with van der Waals surface area (Å²) in [6.07, 6.45) is 2.48. The van der Waals surface area contributed by atoms with Crippen molar-refractivity contribution in [2.24, 2.45) is 0 Å².